The van der Waals surface area contributed by atoms with E-state index in [0.717, 1.165) is 11.4 Å². The lowest BCUT2D eigenvalue weighted by molar-refractivity contribution is 0.102. The summed E-state index contributed by atoms with van der Waals surface area (Å²) in [5, 5.41) is 24.7. The Kier molecular flexibility index (Phi) is 4.10. The van der Waals surface area contributed by atoms with Crippen molar-refractivity contribution in [3.8, 4) is 22.9 Å². The van der Waals surface area contributed by atoms with Gasteiger partial charge in [-0.05, 0) is 43.3 Å². The van der Waals surface area contributed by atoms with Crippen molar-refractivity contribution in [3.63, 3.8) is 0 Å². The maximum Gasteiger partial charge on any atom is 0.260 e. The molecule has 0 aliphatic heterocycles. The summed E-state index contributed by atoms with van der Waals surface area (Å²) in [5.41, 5.74) is 2.22. The minimum Gasteiger partial charge on any atom is -0.508 e. The molecule has 5 rings (SSSR count). The van der Waals surface area contributed by atoms with Crippen molar-refractivity contribution in [2.24, 2.45) is 0 Å². The van der Waals surface area contributed by atoms with E-state index >= 15 is 0 Å². The van der Waals surface area contributed by atoms with Crippen LogP contribution in [0.15, 0.2) is 71.3 Å². The quantitative estimate of drug-likeness (QED) is 0.418. The minimum atomic E-state index is -0.372. The SMILES string of the molecule is Cc1ccc(-c2nn(-c3ccccc3)cc2C(=O)Nc2n[nH]c3cc(O)ccc23)o1. The number of carbonyl (C=O) groups is 1. The number of rotatable bonds is 4. The monoisotopic (exact) mass is 399 g/mol. The number of phenolic OH excluding ortho intramolecular Hbond substituents is 1. The minimum absolute atomic E-state index is 0.114. The van der Waals surface area contributed by atoms with Crippen molar-refractivity contribution in [1.82, 2.24) is 20.0 Å². The highest BCUT2D eigenvalue weighted by Crippen LogP contribution is 2.28. The van der Waals surface area contributed by atoms with Gasteiger partial charge in [-0.3, -0.25) is 9.89 Å². The first-order chi connectivity index (χ1) is 14.6. The molecule has 1 amide bonds. The lowest BCUT2D eigenvalue weighted by atomic mass is 10.2. The number of hydrogen-bond donors (Lipinski definition) is 3. The van der Waals surface area contributed by atoms with Crippen LogP contribution < -0.4 is 5.32 Å². The van der Waals surface area contributed by atoms with E-state index in [9.17, 15) is 9.90 Å². The second-order valence-corrected chi connectivity index (χ2v) is 6.84. The number of benzene rings is 2. The van der Waals surface area contributed by atoms with Crippen molar-refractivity contribution >= 4 is 22.6 Å². The van der Waals surface area contributed by atoms with E-state index in [1.807, 2.05) is 43.3 Å². The number of aromatic hydroxyl groups is 1. The van der Waals surface area contributed by atoms with Crippen molar-refractivity contribution < 1.29 is 14.3 Å². The summed E-state index contributed by atoms with van der Waals surface area (Å²) >= 11 is 0. The predicted octanol–water partition coefficient (Wildman–Crippen LogP) is 4.27. The maximum atomic E-state index is 13.2. The number of phenols is 1. The fourth-order valence-electron chi connectivity index (χ4n) is 3.27. The van der Waals surface area contributed by atoms with Gasteiger partial charge in [0, 0.05) is 17.6 Å². The third-order valence-corrected chi connectivity index (χ3v) is 4.73. The van der Waals surface area contributed by atoms with Gasteiger partial charge in [-0.15, -0.1) is 0 Å². The molecule has 0 saturated heterocycles. The fraction of sp³-hybridized carbons (Fsp3) is 0.0455. The number of anilines is 1. The van der Waals surface area contributed by atoms with Gasteiger partial charge in [-0.25, -0.2) is 4.68 Å². The van der Waals surface area contributed by atoms with Crippen molar-refractivity contribution in [3.05, 3.63) is 78.2 Å². The number of aryl methyl sites for hydroxylation is 1. The molecule has 0 fully saturated rings. The van der Waals surface area contributed by atoms with Crippen LogP contribution in [-0.2, 0) is 0 Å². The first-order valence-corrected chi connectivity index (χ1v) is 9.29. The number of amides is 1. The van der Waals surface area contributed by atoms with E-state index in [2.05, 4.69) is 20.6 Å². The number of hydrogen-bond acceptors (Lipinski definition) is 5. The van der Waals surface area contributed by atoms with Gasteiger partial charge in [0.1, 0.15) is 17.2 Å². The average molecular weight is 399 g/mol. The molecule has 3 N–H and O–H groups in total. The highest BCUT2D eigenvalue weighted by Gasteiger charge is 2.22. The lowest BCUT2D eigenvalue weighted by Crippen LogP contribution is -2.12. The molecule has 3 heterocycles. The number of nitrogens with zero attached hydrogens (tertiary/aromatic N) is 3. The molecule has 0 radical (unpaired) electrons. The smallest absolute Gasteiger partial charge is 0.260 e. The molecule has 0 atom stereocenters. The molecule has 0 aliphatic rings. The van der Waals surface area contributed by atoms with E-state index < -0.39 is 0 Å². The average Bonchev–Trinajstić information content (AvgIpc) is 3.47. The van der Waals surface area contributed by atoms with Crippen molar-refractivity contribution in [1.29, 1.82) is 0 Å². The fourth-order valence-corrected chi connectivity index (χ4v) is 3.27. The molecule has 8 nitrogen and oxygen atoms in total. The zero-order chi connectivity index (χ0) is 20.7. The van der Waals surface area contributed by atoms with E-state index in [-0.39, 0.29) is 11.7 Å². The Morgan fingerprint density at radius 1 is 1.13 bits per heavy atom. The Morgan fingerprint density at radius 2 is 1.97 bits per heavy atom. The first kappa shape index (κ1) is 17.7. The Hall–Kier alpha value is -4.33. The predicted molar refractivity (Wildman–Crippen MR) is 112 cm³/mol. The molecule has 3 aromatic heterocycles. The molecule has 2 aromatic carbocycles. The van der Waals surface area contributed by atoms with E-state index in [0.29, 0.717) is 33.7 Å². The Bertz CT molecular complexity index is 1360. The summed E-state index contributed by atoms with van der Waals surface area (Å²) in [6.07, 6.45) is 1.67. The number of para-hydroxylation sites is 1. The number of H-pyrrole nitrogens is 1. The van der Waals surface area contributed by atoms with Gasteiger partial charge in [0.15, 0.2) is 11.6 Å². The summed E-state index contributed by atoms with van der Waals surface area (Å²) in [6.45, 7) is 1.84. The molecular weight excluding hydrogens is 382 g/mol. The second-order valence-electron chi connectivity index (χ2n) is 6.84. The zero-order valence-corrected chi connectivity index (χ0v) is 16.0. The Morgan fingerprint density at radius 3 is 2.73 bits per heavy atom. The van der Waals surface area contributed by atoms with E-state index in [1.165, 1.54) is 6.07 Å². The molecule has 0 unspecified atom stereocenters. The largest absolute Gasteiger partial charge is 0.508 e. The molecule has 30 heavy (non-hydrogen) atoms. The third-order valence-electron chi connectivity index (χ3n) is 4.73. The van der Waals surface area contributed by atoms with Crippen LogP contribution in [-0.4, -0.2) is 31.0 Å². The van der Waals surface area contributed by atoms with E-state index in [4.69, 9.17) is 4.42 Å². The topological polar surface area (TPSA) is 109 Å². The highest BCUT2D eigenvalue weighted by molar-refractivity contribution is 6.10. The Balaban J connectivity index is 1.56. The third kappa shape index (κ3) is 3.10. The van der Waals surface area contributed by atoms with Gasteiger partial charge in [0.25, 0.3) is 5.91 Å². The number of aromatic nitrogens is 4. The molecule has 0 aliphatic carbocycles. The van der Waals surface area contributed by atoms with Gasteiger partial charge < -0.3 is 14.8 Å². The van der Waals surface area contributed by atoms with Crippen molar-refractivity contribution in [2.75, 3.05) is 5.32 Å². The van der Waals surface area contributed by atoms with Crippen LogP contribution in [0.4, 0.5) is 5.82 Å². The normalized spacial score (nSPS) is 11.1. The van der Waals surface area contributed by atoms with Crippen LogP contribution in [0, 0.1) is 6.92 Å². The van der Waals surface area contributed by atoms with Gasteiger partial charge in [-0.2, -0.15) is 10.2 Å². The van der Waals surface area contributed by atoms with Gasteiger partial charge in [-0.1, -0.05) is 18.2 Å². The van der Waals surface area contributed by atoms with Crippen molar-refractivity contribution in [2.45, 2.75) is 6.92 Å². The molecular formula is C22H17N5O3. The molecule has 8 heteroatoms. The number of carbonyl (C=O) groups excluding carboxylic acids is 1. The molecule has 0 bridgehead atoms. The summed E-state index contributed by atoms with van der Waals surface area (Å²) in [7, 11) is 0. The van der Waals surface area contributed by atoms with Crippen LogP contribution in [0.2, 0.25) is 0 Å². The second kappa shape index (κ2) is 6.93. The Labute approximate surface area is 170 Å². The first-order valence-electron chi connectivity index (χ1n) is 9.29. The standard InChI is InChI=1S/C22H17N5O3/c1-13-7-10-19(30-13)20-17(12-27(26-20)14-5-3-2-4-6-14)22(29)23-21-16-9-8-15(28)11-18(16)24-25-21/h2-12,28H,1H3,(H2,23,24,25,29). The van der Waals surface area contributed by atoms with Crippen LogP contribution in [0.1, 0.15) is 16.1 Å². The molecule has 0 saturated carbocycles. The summed E-state index contributed by atoms with van der Waals surface area (Å²) in [6, 6.07) is 17.9. The summed E-state index contributed by atoms with van der Waals surface area (Å²) in [4.78, 5) is 13.2. The summed E-state index contributed by atoms with van der Waals surface area (Å²) < 4.78 is 7.36. The lowest BCUT2D eigenvalue weighted by Gasteiger charge is -2.02. The van der Waals surface area contributed by atoms with Crippen LogP contribution in [0.5, 0.6) is 5.75 Å². The van der Waals surface area contributed by atoms with Gasteiger partial charge >= 0.3 is 0 Å². The molecule has 148 valence electrons. The zero-order valence-electron chi connectivity index (χ0n) is 16.0. The summed E-state index contributed by atoms with van der Waals surface area (Å²) in [5.74, 6) is 1.34. The van der Waals surface area contributed by atoms with Crippen LogP contribution in [0.25, 0.3) is 28.0 Å². The number of furan rings is 1. The molecule has 5 aromatic rings. The number of fused-ring (bicyclic) bond motifs is 1. The van der Waals surface area contributed by atoms with Gasteiger partial charge in [0.05, 0.1) is 16.8 Å². The van der Waals surface area contributed by atoms with E-state index in [1.54, 1.807) is 29.1 Å². The molecule has 0 spiro atoms. The van der Waals surface area contributed by atoms with Crippen LogP contribution in [0.3, 0.4) is 0 Å². The maximum absolute atomic E-state index is 13.2. The van der Waals surface area contributed by atoms with Gasteiger partial charge in [0.2, 0.25) is 0 Å². The number of nitrogens with one attached hydrogen (secondary N) is 2. The van der Waals surface area contributed by atoms with Crippen LogP contribution >= 0.6 is 0 Å². The number of aromatic amines is 1. The highest BCUT2D eigenvalue weighted by atomic mass is 16.3.